The molecule has 26 heavy (non-hydrogen) atoms. The van der Waals surface area contributed by atoms with Crippen molar-refractivity contribution in [1.82, 2.24) is 20.2 Å². The van der Waals surface area contributed by atoms with Crippen LogP contribution in [0.25, 0.3) is 11.4 Å². The summed E-state index contributed by atoms with van der Waals surface area (Å²) >= 11 is 6.05. The topological polar surface area (TPSA) is 89.8 Å². The highest BCUT2D eigenvalue weighted by atomic mass is 35.5. The van der Waals surface area contributed by atoms with Crippen LogP contribution in [0.5, 0.6) is 0 Å². The number of halogens is 1. The van der Waals surface area contributed by atoms with Crippen LogP contribution in [0, 0.1) is 6.92 Å². The van der Waals surface area contributed by atoms with Crippen LogP contribution in [0.4, 0.5) is 5.69 Å². The molecule has 3 aromatic rings. The van der Waals surface area contributed by atoms with Crippen LogP contribution in [0.3, 0.4) is 0 Å². The number of aryl methyl sites for hydroxylation is 1. The maximum atomic E-state index is 12.6. The Bertz CT molecular complexity index is 1080. The molecule has 1 aliphatic rings. The highest BCUT2D eigenvalue weighted by Gasteiger charge is 2.28. The maximum absolute atomic E-state index is 12.6. The maximum Gasteiger partial charge on any atom is 0.261 e. The Kier molecular flexibility index (Phi) is 4.16. The second kappa shape index (κ2) is 6.37. The van der Waals surface area contributed by atoms with Crippen molar-refractivity contribution in [1.29, 1.82) is 0 Å². The van der Waals surface area contributed by atoms with Gasteiger partial charge in [0.05, 0.1) is 10.9 Å². The molecule has 0 unspecified atom stereocenters. The number of anilines is 1. The summed E-state index contributed by atoms with van der Waals surface area (Å²) in [4.78, 5) is 0.112. The summed E-state index contributed by atoms with van der Waals surface area (Å²) in [6.07, 6.45) is 2.11. The number of nitrogens with zero attached hydrogens (tertiary/aromatic N) is 4. The van der Waals surface area contributed by atoms with Crippen molar-refractivity contribution in [3.63, 3.8) is 0 Å². The van der Waals surface area contributed by atoms with Gasteiger partial charge in [-0.15, -0.1) is 5.10 Å². The van der Waals surface area contributed by atoms with Crippen LogP contribution in [-0.4, -0.2) is 28.6 Å². The molecule has 7 nitrogen and oxygen atoms in total. The lowest BCUT2D eigenvalue weighted by atomic mass is 10.2. The summed E-state index contributed by atoms with van der Waals surface area (Å²) in [6, 6.07) is 12.0. The fourth-order valence-electron chi connectivity index (χ4n) is 2.63. The Labute approximate surface area is 156 Å². The van der Waals surface area contributed by atoms with Crippen molar-refractivity contribution in [2.24, 2.45) is 0 Å². The highest BCUT2D eigenvalue weighted by molar-refractivity contribution is 7.92. The minimum Gasteiger partial charge on any atom is -0.280 e. The molecule has 0 amide bonds. The molecule has 0 radical (unpaired) electrons. The van der Waals surface area contributed by atoms with Crippen molar-refractivity contribution >= 4 is 27.3 Å². The zero-order valence-corrected chi connectivity index (χ0v) is 15.5. The van der Waals surface area contributed by atoms with Gasteiger partial charge in [-0.3, -0.25) is 4.72 Å². The van der Waals surface area contributed by atoms with Crippen molar-refractivity contribution in [2.45, 2.75) is 30.7 Å². The largest absolute Gasteiger partial charge is 0.280 e. The summed E-state index contributed by atoms with van der Waals surface area (Å²) in [5.41, 5.74) is 2.01. The third-order valence-corrected chi connectivity index (χ3v) is 6.00. The molecule has 0 aliphatic heterocycles. The van der Waals surface area contributed by atoms with Gasteiger partial charge in [-0.1, -0.05) is 29.8 Å². The summed E-state index contributed by atoms with van der Waals surface area (Å²) < 4.78 is 29.6. The molecule has 1 aliphatic carbocycles. The first-order chi connectivity index (χ1) is 12.4. The van der Waals surface area contributed by atoms with Gasteiger partial charge in [-0.2, -0.15) is 0 Å². The summed E-state index contributed by atoms with van der Waals surface area (Å²) in [6.45, 7) is 1.82. The molecule has 1 N–H and O–H groups in total. The lowest BCUT2D eigenvalue weighted by molar-refractivity contribution is 0.601. The Balaban J connectivity index is 1.64. The molecule has 134 valence electrons. The molecule has 2 aromatic carbocycles. The number of sulfonamides is 1. The number of tetrazole rings is 1. The van der Waals surface area contributed by atoms with E-state index in [4.69, 9.17) is 11.6 Å². The molecular weight excluding hydrogens is 374 g/mol. The van der Waals surface area contributed by atoms with E-state index in [-0.39, 0.29) is 4.90 Å². The Hall–Kier alpha value is -2.45. The van der Waals surface area contributed by atoms with E-state index in [9.17, 15) is 8.42 Å². The second-order valence-corrected chi connectivity index (χ2v) is 8.37. The van der Waals surface area contributed by atoms with E-state index in [0.717, 1.165) is 24.0 Å². The number of hydrogen-bond acceptors (Lipinski definition) is 5. The average Bonchev–Trinajstić information content (AvgIpc) is 3.33. The first kappa shape index (κ1) is 17.0. The SMILES string of the molecule is Cc1ccc(S(=O)(=O)Nc2cccc(-c3nnnn3C3CC3)c2)cc1Cl. The number of aromatic nitrogens is 4. The fourth-order valence-corrected chi connectivity index (χ4v) is 3.95. The van der Waals surface area contributed by atoms with E-state index in [2.05, 4.69) is 20.2 Å². The van der Waals surface area contributed by atoms with E-state index in [1.54, 1.807) is 28.9 Å². The van der Waals surface area contributed by atoms with Crippen molar-refractivity contribution < 1.29 is 8.42 Å². The van der Waals surface area contributed by atoms with Crippen LogP contribution >= 0.6 is 11.6 Å². The van der Waals surface area contributed by atoms with E-state index in [1.165, 1.54) is 12.1 Å². The molecular formula is C17H16ClN5O2S. The van der Waals surface area contributed by atoms with Gasteiger partial charge in [0.2, 0.25) is 0 Å². The van der Waals surface area contributed by atoms with Gasteiger partial charge < -0.3 is 0 Å². The molecule has 0 bridgehead atoms. The Morgan fingerprint density at radius 1 is 1.19 bits per heavy atom. The molecule has 0 saturated heterocycles. The highest BCUT2D eigenvalue weighted by Crippen LogP contribution is 2.37. The fraction of sp³-hybridized carbons (Fsp3) is 0.235. The molecule has 1 heterocycles. The third-order valence-electron chi connectivity index (χ3n) is 4.21. The quantitative estimate of drug-likeness (QED) is 0.721. The van der Waals surface area contributed by atoms with Crippen molar-refractivity contribution in [3.05, 3.63) is 53.1 Å². The smallest absolute Gasteiger partial charge is 0.261 e. The molecule has 0 spiro atoms. The predicted octanol–water partition coefficient (Wildman–Crippen LogP) is 3.44. The minimum absolute atomic E-state index is 0.112. The van der Waals surface area contributed by atoms with Gasteiger partial charge in [-0.25, -0.2) is 13.1 Å². The van der Waals surface area contributed by atoms with E-state index >= 15 is 0 Å². The zero-order chi connectivity index (χ0) is 18.3. The third kappa shape index (κ3) is 3.30. The summed E-state index contributed by atoms with van der Waals surface area (Å²) in [7, 11) is -3.75. The van der Waals surface area contributed by atoms with Crippen LogP contribution in [0.1, 0.15) is 24.4 Å². The lowest BCUT2D eigenvalue weighted by Crippen LogP contribution is -2.13. The van der Waals surface area contributed by atoms with Crippen LogP contribution in [0.2, 0.25) is 5.02 Å². The van der Waals surface area contributed by atoms with Gasteiger partial charge in [0, 0.05) is 16.3 Å². The zero-order valence-electron chi connectivity index (χ0n) is 13.9. The van der Waals surface area contributed by atoms with E-state index < -0.39 is 10.0 Å². The lowest BCUT2D eigenvalue weighted by Gasteiger charge is -2.10. The molecule has 1 aromatic heterocycles. The van der Waals surface area contributed by atoms with Crippen molar-refractivity contribution in [3.8, 4) is 11.4 Å². The number of hydrogen-bond donors (Lipinski definition) is 1. The minimum atomic E-state index is -3.75. The molecule has 1 saturated carbocycles. The first-order valence-electron chi connectivity index (χ1n) is 8.11. The van der Waals surface area contributed by atoms with Gasteiger partial charge in [0.15, 0.2) is 5.82 Å². The van der Waals surface area contributed by atoms with Gasteiger partial charge in [0.1, 0.15) is 0 Å². The normalized spacial score (nSPS) is 14.4. The summed E-state index contributed by atoms with van der Waals surface area (Å²) in [5, 5.41) is 12.2. The molecule has 9 heteroatoms. The first-order valence-corrected chi connectivity index (χ1v) is 9.97. The Morgan fingerprint density at radius 3 is 2.73 bits per heavy atom. The average molecular weight is 390 g/mol. The number of benzene rings is 2. The molecule has 4 rings (SSSR count). The standard InChI is InChI=1S/C17H16ClN5O2S/c1-11-5-8-15(10-16(11)18)26(24,25)20-13-4-2-3-12(9-13)17-19-21-22-23(17)14-6-7-14/h2-5,8-10,14,20H,6-7H2,1H3. The van der Waals surface area contributed by atoms with Gasteiger partial charge >= 0.3 is 0 Å². The van der Waals surface area contributed by atoms with E-state index in [1.807, 2.05) is 13.0 Å². The predicted molar refractivity (Wildman–Crippen MR) is 98.5 cm³/mol. The van der Waals surface area contributed by atoms with Gasteiger partial charge in [0.25, 0.3) is 10.0 Å². The molecule has 1 fully saturated rings. The van der Waals surface area contributed by atoms with Crippen LogP contribution < -0.4 is 4.72 Å². The van der Waals surface area contributed by atoms with E-state index in [0.29, 0.717) is 22.6 Å². The second-order valence-electron chi connectivity index (χ2n) is 6.28. The summed E-state index contributed by atoms with van der Waals surface area (Å²) in [5.74, 6) is 0.631. The van der Waals surface area contributed by atoms with Crippen LogP contribution in [0.15, 0.2) is 47.4 Å². The van der Waals surface area contributed by atoms with Crippen molar-refractivity contribution in [2.75, 3.05) is 4.72 Å². The molecule has 0 atom stereocenters. The van der Waals surface area contributed by atoms with Crippen LogP contribution in [-0.2, 0) is 10.0 Å². The number of rotatable bonds is 5. The Morgan fingerprint density at radius 2 is 2.00 bits per heavy atom. The number of nitrogens with one attached hydrogen (secondary N) is 1. The van der Waals surface area contributed by atoms with Gasteiger partial charge in [-0.05, 0) is 60.0 Å². The monoisotopic (exact) mass is 389 g/mol.